The van der Waals surface area contributed by atoms with Gasteiger partial charge in [0.05, 0.1) is 12.7 Å². The molecule has 1 unspecified atom stereocenters. The number of hydrogen-bond acceptors (Lipinski definition) is 3. The molecule has 2 heterocycles. The van der Waals surface area contributed by atoms with Crippen molar-refractivity contribution in [3.05, 3.63) is 22.4 Å². The van der Waals surface area contributed by atoms with Crippen LogP contribution in [0.2, 0.25) is 0 Å². The second-order valence-corrected chi connectivity index (χ2v) is 6.56. The number of amides is 1. The summed E-state index contributed by atoms with van der Waals surface area (Å²) in [7, 11) is 2.08. The Morgan fingerprint density at radius 1 is 1.55 bits per heavy atom. The van der Waals surface area contributed by atoms with Gasteiger partial charge in [0.2, 0.25) is 0 Å². The van der Waals surface area contributed by atoms with Crippen molar-refractivity contribution in [3.8, 4) is 0 Å². The van der Waals surface area contributed by atoms with Crippen LogP contribution in [-0.4, -0.2) is 54.8 Å². The van der Waals surface area contributed by atoms with Crippen molar-refractivity contribution in [2.24, 2.45) is 0 Å². The first kappa shape index (κ1) is 14.1. The van der Waals surface area contributed by atoms with E-state index >= 15 is 0 Å². The maximum Gasteiger partial charge on any atom is 0.268 e. The Morgan fingerprint density at radius 2 is 2.35 bits per heavy atom. The lowest BCUT2D eigenvalue weighted by atomic mass is 10.2. The zero-order valence-electron chi connectivity index (χ0n) is 11.6. The summed E-state index contributed by atoms with van der Waals surface area (Å²) in [6.07, 6.45) is 4.42. The summed E-state index contributed by atoms with van der Waals surface area (Å²) in [6.45, 7) is 3.13. The monoisotopic (exact) mass is 341 g/mol. The molecule has 3 rings (SSSR count). The number of nitrogens with one attached hydrogen (secondary N) is 1. The van der Waals surface area contributed by atoms with Crippen molar-refractivity contribution in [2.45, 2.75) is 25.0 Å². The second-order valence-electron chi connectivity index (χ2n) is 5.65. The smallest absolute Gasteiger partial charge is 0.268 e. The molecule has 0 aromatic carbocycles. The number of carbonyl (C=O) groups is 1. The number of morpholine rings is 1. The van der Waals surface area contributed by atoms with E-state index in [-0.39, 0.29) is 12.0 Å². The van der Waals surface area contributed by atoms with Crippen molar-refractivity contribution < 1.29 is 9.53 Å². The standard InChI is InChI=1S/C14H20BrN3O2/c1-17-4-5-20-12(9-17)7-16-14(19)13-6-10(15)8-18(13)11-2-3-11/h6,8,11-12H,2-5,7,9H2,1H3,(H,16,19). The highest BCUT2D eigenvalue weighted by Gasteiger charge is 2.28. The minimum atomic E-state index is -0.0144. The summed E-state index contributed by atoms with van der Waals surface area (Å²) in [6, 6.07) is 2.39. The highest BCUT2D eigenvalue weighted by molar-refractivity contribution is 9.10. The molecule has 20 heavy (non-hydrogen) atoms. The Hall–Kier alpha value is -0.850. The number of aromatic nitrogens is 1. The Bertz CT molecular complexity index is 499. The average molecular weight is 342 g/mol. The van der Waals surface area contributed by atoms with Gasteiger partial charge >= 0.3 is 0 Å². The molecule has 5 nitrogen and oxygen atoms in total. The molecule has 1 atom stereocenters. The van der Waals surface area contributed by atoms with E-state index in [4.69, 9.17) is 4.74 Å². The molecule has 0 radical (unpaired) electrons. The average Bonchev–Trinajstić information content (AvgIpc) is 3.19. The molecule has 1 saturated carbocycles. The molecule has 1 N–H and O–H groups in total. The van der Waals surface area contributed by atoms with Gasteiger partial charge in [0.1, 0.15) is 5.69 Å². The number of nitrogens with zero attached hydrogens (tertiary/aromatic N) is 2. The van der Waals surface area contributed by atoms with Crippen LogP contribution in [0.3, 0.4) is 0 Å². The molecule has 110 valence electrons. The van der Waals surface area contributed by atoms with E-state index in [2.05, 4.69) is 37.8 Å². The van der Waals surface area contributed by atoms with E-state index in [0.29, 0.717) is 12.6 Å². The Kier molecular flexibility index (Phi) is 4.14. The van der Waals surface area contributed by atoms with Crippen LogP contribution in [0.5, 0.6) is 0 Å². The zero-order chi connectivity index (χ0) is 14.1. The van der Waals surface area contributed by atoms with Crippen LogP contribution >= 0.6 is 15.9 Å². The Labute approximate surface area is 127 Å². The summed E-state index contributed by atoms with van der Waals surface area (Å²) < 4.78 is 8.70. The first-order chi connectivity index (χ1) is 9.63. The van der Waals surface area contributed by atoms with E-state index in [9.17, 15) is 4.79 Å². The van der Waals surface area contributed by atoms with Gasteiger partial charge in [0.25, 0.3) is 5.91 Å². The molecule has 0 bridgehead atoms. The molecule has 1 aromatic heterocycles. The minimum absolute atomic E-state index is 0.0144. The number of ether oxygens (including phenoxy) is 1. The molecular weight excluding hydrogens is 322 g/mol. The molecule has 1 aromatic rings. The van der Waals surface area contributed by atoms with Gasteiger partial charge in [-0.3, -0.25) is 4.79 Å². The highest BCUT2D eigenvalue weighted by Crippen LogP contribution is 2.37. The Morgan fingerprint density at radius 3 is 3.05 bits per heavy atom. The van der Waals surface area contributed by atoms with Gasteiger partial charge in [0.15, 0.2) is 0 Å². The van der Waals surface area contributed by atoms with Crippen LogP contribution in [-0.2, 0) is 4.74 Å². The molecule has 2 aliphatic rings. The minimum Gasteiger partial charge on any atom is -0.374 e. The van der Waals surface area contributed by atoms with Gasteiger partial charge in [-0.25, -0.2) is 0 Å². The molecule has 2 fully saturated rings. The fourth-order valence-electron chi connectivity index (χ4n) is 2.57. The summed E-state index contributed by atoms with van der Waals surface area (Å²) >= 11 is 3.45. The van der Waals surface area contributed by atoms with Crippen LogP contribution in [0, 0.1) is 0 Å². The lowest BCUT2D eigenvalue weighted by molar-refractivity contribution is -0.0175. The van der Waals surface area contributed by atoms with Crippen molar-refractivity contribution in [2.75, 3.05) is 33.3 Å². The zero-order valence-corrected chi connectivity index (χ0v) is 13.2. The summed E-state index contributed by atoms with van der Waals surface area (Å²) in [5, 5.41) is 2.99. The molecule has 1 amide bonds. The van der Waals surface area contributed by atoms with Crippen LogP contribution in [0.25, 0.3) is 0 Å². The number of rotatable bonds is 4. The summed E-state index contributed by atoms with van der Waals surface area (Å²) in [5.41, 5.74) is 0.739. The van der Waals surface area contributed by atoms with Gasteiger partial charge in [-0.2, -0.15) is 0 Å². The third-order valence-electron chi connectivity index (χ3n) is 3.82. The fraction of sp³-hybridized carbons (Fsp3) is 0.643. The highest BCUT2D eigenvalue weighted by atomic mass is 79.9. The number of carbonyl (C=O) groups excluding carboxylic acids is 1. The largest absolute Gasteiger partial charge is 0.374 e. The van der Waals surface area contributed by atoms with Crippen molar-refractivity contribution in [1.29, 1.82) is 0 Å². The second kappa shape index (κ2) is 5.87. The lowest BCUT2D eigenvalue weighted by Crippen LogP contribution is -2.46. The van der Waals surface area contributed by atoms with Crippen LogP contribution in [0.1, 0.15) is 29.4 Å². The fourth-order valence-corrected chi connectivity index (χ4v) is 3.01. The maximum atomic E-state index is 12.3. The van der Waals surface area contributed by atoms with Gasteiger partial charge in [-0.1, -0.05) is 0 Å². The molecule has 1 saturated heterocycles. The van der Waals surface area contributed by atoms with Gasteiger partial charge < -0.3 is 19.5 Å². The topological polar surface area (TPSA) is 46.5 Å². The van der Waals surface area contributed by atoms with Crippen LogP contribution in [0.15, 0.2) is 16.7 Å². The molecule has 6 heteroatoms. The van der Waals surface area contributed by atoms with Crippen LogP contribution < -0.4 is 5.32 Å². The van der Waals surface area contributed by atoms with Crippen LogP contribution in [0.4, 0.5) is 0 Å². The number of hydrogen-bond donors (Lipinski definition) is 1. The lowest BCUT2D eigenvalue weighted by Gasteiger charge is -2.30. The first-order valence-corrected chi connectivity index (χ1v) is 7.88. The summed E-state index contributed by atoms with van der Waals surface area (Å²) in [4.78, 5) is 14.5. The third kappa shape index (κ3) is 3.24. The first-order valence-electron chi connectivity index (χ1n) is 7.09. The quantitative estimate of drug-likeness (QED) is 0.905. The van der Waals surface area contributed by atoms with Gasteiger partial charge in [0, 0.05) is 36.3 Å². The van der Waals surface area contributed by atoms with E-state index in [0.717, 1.165) is 42.7 Å². The van der Waals surface area contributed by atoms with E-state index < -0.39 is 0 Å². The van der Waals surface area contributed by atoms with E-state index in [1.54, 1.807) is 0 Å². The predicted molar refractivity (Wildman–Crippen MR) is 80.0 cm³/mol. The van der Waals surface area contributed by atoms with E-state index in [1.165, 1.54) is 0 Å². The van der Waals surface area contributed by atoms with Crippen molar-refractivity contribution >= 4 is 21.8 Å². The summed E-state index contributed by atoms with van der Waals surface area (Å²) in [5.74, 6) is -0.0144. The normalized spacial score (nSPS) is 23.8. The molecule has 1 aliphatic carbocycles. The third-order valence-corrected chi connectivity index (χ3v) is 4.25. The number of likely N-dealkylation sites (N-methyl/N-ethyl adjacent to an activating group) is 1. The van der Waals surface area contributed by atoms with E-state index in [1.807, 2.05) is 12.3 Å². The number of halogens is 1. The molecule has 0 spiro atoms. The predicted octanol–water partition coefficient (Wildman–Crippen LogP) is 1.65. The van der Waals surface area contributed by atoms with Crippen molar-refractivity contribution in [1.82, 2.24) is 14.8 Å². The Balaban J connectivity index is 1.59. The SMILES string of the molecule is CN1CCOC(CNC(=O)c2cc(Br)cn2C2CC2)C1. The van der Waals surface area contributed by atoms with Gasteiger partial charge in [-0.05, 0) is 41.9 Å². The molecular formula is C14H20BrN3O2. The molecule has 1 aliphatic heterocycles. The van der Waals surface area contributed by atoms with Crippen molar-refractivity contribution in [3.63, 3.8) is 0 Å². The maximum absolute atomic E-state index is 12.3. The van der Waals surface area contributed by atoms with Gasteiger partial charge in [-0.15, -0.1) is 0 Å².